The van der Waals surface area contributed by atoms with Crippen LogP contribution in [0.4, 0.5) is 0 Å². The number of amides is 1. The molecule has 1 amide bonds. The van der Waals surface area contributed by atoms with Gasteiger partial charge >= 0.3 is 0 Å². The van der Waals surface area contributed by atoms with Crippen molar-refractivity contribution in [1.82, 2.24) is 9.88 Å². The van der Waals surface area contributed by atoms with Crippen LogP contribution in [0.2, 0.25) is 0 Å². The molecular weight excluding hydrogens is 550 g/mol. The third-order valence-electron chi connectivity index (χ3n) is 9.15. The number of fused-ring (bicyclic) bond motifs is 1. The molecule has 44 heavy (non-hydrogen) atoms. The van der Waals surface area contributed by atoms with Crippen molar-refractivity contribution < 1.29 is 19.4 Å². The number of ether oxygens (including phenoxy) is 2. The number of rotatable bonds is 11. The van der Waals surface area contributed by atoms with E-state index in [0.29, 0.717) is 12.2 Å². The van der Waals surface area contributed by atoms with E-state index in [1.165, 1.54) is 39.6 Å². The van der Waals surface area contributed by atoms with Crippen LogP contribution in [0.3, 0.4) is 0 Å². The van der Waals surface area contributed by atoms with Gasteiger partial charge in [0.15, 0.2) is 0 Å². The summed E-state index contributed by atoms with van der Waals surface area (Å²) in [4.78, 5) is 18.3. The van der Waals surface area contributed by atoms with Crippen LogP contribution in [0.1, 0.15) is 69.4 Å². The monoisotopic (exact) mass is 591 g/mol. The molecule has 228 valence electrons. The minimum absolute atomic E-state index is 0.154. The second-order valence-electron chi connectivity index (χ2n) is 11.9. The molecule has 1 aromatic heterocycles. The number of primary amides is 1. The molecule has 3 N–H and O–H groups in total. The Morgan fingerprint density at radius 2 is 1.77 bits per heavy atom. The number of pyridine rings is 1. The number of benzene rings is 3. The van der Waals surface area contributed by atoms with Crippen LogP contribution in [0.15, 0.2) is 73.1 Å². The van der Waals surface area contributed by atoms with Gasteiger partial charge < -0.3 is 20.3 Å². The van der Waals surface area contributed by atoms with E-state index >= 15 is 0 Å². The molecule has 2 aliphatic rings. The van der Waals surface area contributed by atoms with Crippen LogP contribution >= 0.6 is 0 Å². The number of aromatic nitrogens is 1. The van der Waals surface area contributed by atoms with Crippen molar-refractivity contribution in [2.45, 2.75) is 71.2 Å². The number of likely N-dealkylation sites (tertiary alicyclic amines) is 1. The molecule has 6 rings (SSSR count). The normalized spacial score (nSPS) is 16.5. The molecule has 3 aromatic carbocycles. The van der Waals surface area contributed by atoms with E-state index in [-0.39, 0.29) is 19.3 Å². The lowest BCUT2D eigenvalue weighted by Crippen LogP contribution is -2.41. The van der Waals surface area contributed by atoms with Crippen LogP contribution in [0.5, 0.6) is 11.5 Å². The van der Waals surface area contributed by atoms with Crippen molar-refractivity contribution in [1.29, 1.82) is 0 Å². The first kappa shape index (κ1) is 29.9. The highest BCUT2D eigenvalue weighted by Crippen LogP contribution is 2.41. The van der Waals surface area contributed by atoms with E-state index in [1.807, 2.05) is 6.07 Å². The fourth-order valence-corrected chi connectivity index (χ4v) is 6.69. The molecule has 0 saturated carbocycles. The fourth-order valence-electron chi connectivity index (χ4n) is 6.69. The molecule has 7 nitrogen and oxygen atoms in total. The van der Waals surface area contributed by atoms with Gasteiger partial charge in [-0.05, 0) is 85.0 Å². The van der Waals surface area contributed by atoms with Gasteiger partial charge in [0.05, 0.1) is 12.2 Å². The largest absolute Gasteiger partial charge is 0.488 e. The van der Waals surface area contributed by atoms with Gasteiger partial charge in [-0.15, -0.1) is 0 Å². The number of carbonyl (C=O) groups excluding carboxylic acids is 1. The van der Waals surface area contributed by atoms with E-state index in [0.717, 1.165) is 74.2 Å². The first-order valence-corrected chi connectivity index (χ1v) is 15.7. The summed E-state index contributed by atoms with van der Waals surface area (Å²) in [5.74, 6) is 1.13. The highest BCUT2D eigenvalue weighted by Gasteiger charge is 2.28. The van der Waals surface area contributed by atoms with Gasteiger partial charge in [-0.2, -0.15) is 0 Å². The van der Waals surface area contributed by atoms with Crippen LogP contribution in [-0.2, 0) is 32.6 Å². The Bertz CT molecular complexity index is 1620. The molecule has 1 unspecified atom stereocenters. The highest BCUT2D eigenvalue weighted by molar-refractivity contribution is 5.92. The van der Waals surface area contributed by atoms with Gasteiger partial charge in [0, 0.05) is 42.2 Å². The van der Waals surface area contributed by atoms with Gasteiger partial charge in [0.1, 0.15) is 24.7 Å². The third-order valence-corrected chi connectivity index (χ3v) is 9.15. The maximum Gasteiger partial charge on any atom is 0.250 e. The lowest BCUT2D eigenvalue weighted by atomic mass is 9.96. The summed E-state index contributed by atoms with van der Waals surface area (Å²) in [5, 5.41) is 10.1. The van der Waals surface area contributed by atoms with Gasteiger partial charge in [-0.25, -0.2) is 0 Å². The molecule has 1 aliphatic heterocycles. The average molecular weight is 592 g/mol. The molecule has 0 bridgehead atoms. The zero-order chi connectivity index (χ0) is 30.5. The van der Waals surface area contributed by atoms with Gasteiger partial charge in [-0.1, -0.05) is 55.0 Å². The summed E-state index contributed by atoms with van der Waals surface area (Å²) in [6, 6.07) is 20.8. The summed E-state index contributed by atoms with van der Waals surface area (Å²) >= 11 is 0. The van der Waals surface area contributed by atoms with Crippen molar-refractivity contribution in [2.24, 2.45) is 5.73 Å². The number of hydrogen-bond donors (Lipinski definition) is 2. The molecule has 4 aromatic rings. The summed E-state index contributed by atoms with van der Waals surface area (Å²) < 4.78 is 13.2. The zero-order valence-electron chi connectivity index (χ0n) is 25.4. The van der Waals surface area contributed by atoms with Crippen molar-refractivity contribution in [3.8, 4) is 22.6 Å². The van der Waals surface area contributed by atoms with Gasteiger partial charge in [-0.3, -0.25) is 14.7 Å². The van der Waals surface area contributed by atoms with Crippen molar-refractivity contribution >= 4 is 5.91 Å². The average Bonchev–Trinajstić information content (AvgIpc) is 3.55. The number of aliphatic hydroxyl groups is 1. The quantitative estimate of drug-likeness (QED) is 0.217. The Labute approximate surface area is 259 Å². The number of piperidine rings is 1. The molecule has 0 spiro atoms. The number of hydrogen-bond acceptors (Lipinski definition) is 6. The van der Waals surface area contributed by atoms with Crippen molar-refractivity contribution in [2.75, 3.05) is 13.2 Å². The maximum absolute atomic E-state index is 11.7. The van der Waals surface area contributed by atoms with Crippen LogP contribution in [0.25, 0.3) is 11.1 Å². The fraction of sp³-hybridized carbons (Fsp3) is 0.351. The molecular formula is C37H41N3O4. The first-order chi connectivity index (χ1) is 21.5. The number of nitrogens with zero attached hydrogens (tertiary/aromatic N) is 2. The van der Waals surface area contributed by atoms with E-state index in [9.17, 15) is 9.90 Å². The Balaban J connectivity index is 1.32. The molecule has 2 heterocycles. The highest BCUT2D eigenvalue weighted by atomic mass is 16.5. The van der Waals surface area contributed by atoms with Crippen LogP contribution in [-0.4, -0.2) is 40.1 Å². The lowest BCUT2D eigenvalue weighted by molar-refractivity contribution is 0.0828. The smallest absolute Gasteiger partial charge is 0.250 e. The van der Waals surface area contributed by atoms with E-state index < -0.39 is 5.91 Å². The topological polar surface area (TPSA) is 97.9 Å². The molecule has 0 radical (unpaired) electrons. The predicted octanol–water partition coefficient (Wildman–Crippen LogP) is 6.15. The van der Waals surface area contributed by atoms with Gasteiger partial charge in [0.2, 0.25) is 5.91 Å². The number of nitrogens with two attached hydrogens (primary N) is 1. The van der Waals surface area contributed by atoms with Crippen molar-refractivity contribution in [3.05, 3.63) is 112 Å². The van der Waals surface area contributed by atoms with Crippen LogP contribution in [0, 0.1) is 6.92 Å². The Morgan fingerprint density at radius 3 is 2.59 bits per heavy atom. The van der Waals surface area contributed by atoms with Crippen molar-refractivity contribution in [3.63, 3.8) is 0 Å². The second kappa shape index (κ2) is 13.6. The Hall–Kier alpha value is -4.20. The summed E-state index contributed by atoms with van der Waals surface area (Å²) in [5.41, 5.74) is 15.1. The van der Waals surface area contributed by atoms with E-state index in [2.05, 4.69) is 65.3 Å². The summed E-state index contributed by atoms with van der Waals surface area (Å²) in [7, 11) is 0. The molecule has 1 atom stereocenters. The van der Waals surface area contributed by atoms with E-state index in [4.69, 9.17) is 15.2 Å². The first-order valence-electron chi connectivity index (χ1n) is 15.7. The minimum Gasteiger partial charge on any atom is -0.488 e. The standard InChI is InChI=1S/C37H41N3O4/c1-25-28(11-7-13-31(25)27-9-3-2-4-10-27)24-44-35-18-36(43-23-26-17-29(37(38)42)20-39-19-26)34(32-14-8-15-33(32)35)21-40-16-6-5-12-30(40)22-41/h2-4,7,9-11,13,17-20,30,41H,5-6,8,12,14-16,21-24H2,1H3,(H2,38,42). The SMILES string of the molecule is Cc1c(COc2cc(OCc3cncc(C(N)=O)c3)c(CN3CCCCC3CO)c3c2CCC3)cccc1-c1ccccc1. The Kier molecular flexibility index (Phi) is 9.24. The Morgan fingerprint density at radius 1 is 0.955 bits per heavy atom. The summed E-state index contributed by atoms with van der Waals surface area (Å²) in [6.07, 6.45) is 9.45. The molecule has 1 saturated heterocycles. The minimum atomic E-state index is -0.514. The number of aliphatic hydroxyl groups excluding tert-OH is 1. The number of carbonyl (C=O) groups is 1. The molecule has 1 fully saturated rings. The van der Waals surface area contributed by atoms with E-state index in [1.54, 1.807) is 12.3 Å². The summed E-state index contributed by atoms with van der Waals surface area (Å²) in [6.45, 7) is 4.71. The molecule has 7 heteroatoms. The van der Waals surface area contributed by atoms with Gasteiger partial charge in [0.25, 0.3) is 0 Å². The third kappa shape index (κ3) is 6.49. The lowest BCUT2D eigenvalue weighted by Gasteiger charge is -2.35. The second-order valence-corrected chi connectivity index (χ2v) is 11.9. The predicted molar refractivity (Wildman–Crippen MR) is 172 cm³/mol. The zero-order valence-corrected chi connectivity index (χ0v) is 25.4. The van der Waals surface area contributed by atoms with Crippen LogP contribution < -0.4 is 15.2 Å². The maximum atomic E-state index is 11.7. The molecule has 1 aliphatic carbocycles.